The van der Waals surface area contributed by atoms with Crippen LogP contribution >= 0.6 is 11.6 Å². The van der Waals surface area contributed by atoms with E-state index in [1.54, 1.807) is 35.4 Å². The fourth-order valence-electron chi connectivity index (χ4n) is 3.57. The van der Waals surface area contributed by atoms with Crippen molar-refractivity contribution in [1.82, 2.24) is 10.3 Å². The smallest absolute Gasteiger partial charge is 0.260 e. The van der Waals surface area contributed by atoms with Gasteiger partial charge in [0, 0.05) is 23.5 Å². The van der Waals surface area contributed by atoms with Gasteiger partial charge in [-0.05, 0) is 54.4 Å². The van der Waals surface area contributed by atoms with Crippen LogP contribution in [0.3, 0.4) is 0 Å². The summed E-state index contributed by atoms with van der Waals surface area (Å²) in [7, 11) is 0. The number of anilines is 1. The molecule has 1 aromatic heterocycles. The molecule has 0 spiro atoms. The average molecular weight is 406 g/mol. The van der Waals surface area contributed by atoms with Gasteiger partial charge in [-0.1, -0.05) is 35.9 Å². The number of nitrogens with one attached hydrogen (secondary N) is 1. The Morgan fingerprint density at radius 1 is 1.14 bits per heavy atom. The van der Waals surface area contributed by atoms with Crippen LogP contribution in [0.25, 0.3) is 0 Å². The van der Waals surface area contributed by atoms with Crippen LogP contribution < -0.4 is 10.2 Å². The van der Waals surface area contributed by atoms with Crippen LogP contribution in [0.4, 0.5) is 5.69 Å². The highest BCUT2D eigenvalue weighted by Gasteiger charge is 2.39. The standard InChI is InChI=1S/C23H20ClN3O2/c1-15-4-2-5-18(12-15)27-20(22-19(23(27)29)6-3-11-25-22)13-21(28)26-14-16-7-9-17(24)10-8-16/h2-12,20H,13-14H2,1H3,(H,26,28)/t20-/m1/s1. The molecule has 2 aromatic carbocycles. The van der Waals surface area contributed by atoms with Crippen molar-refractivity contribution in [3.05, 3.63) is 94.3 Å². The van der Waals surface area contributed by atoms with Crippen LogP contribution in [0.2, 0.25) is 5.02 Å². The second-order valence-corrected chi connectivity index (χ2v) is 7.51. The summed E-state index contributed by atoms with van der Waals surface area (Å²) in [6.45, 7) is 2.37. The molecule has 0 aliphatic carbocycles. The lowest BCUT2D eigenvalue weighted by Crippen LogP contribution is -2.33. The van der Waals surface area contributed by atoms with Crippen molar-refractivity contribution in [2.45, 2.75) is 25.9 Å². The van der Waals surface area contributed by atoms with Crippen molar-refractivity contribution in [3.63, 3.8) is 0 Å². The van der Waals surface area contributed by atoms with Crippen LogP contribution in [0.5, 0.6) is 0 Å². The number of hydrogen-bond donors (Lipinski definition) is 1. The molecule has 1 N–H and O–H groups in total. The maximum Gasteiger partial charge on any atom is 0.260 e. The van der Waals surface area contributed by atoms with E-state index in [4.69, 9.17) is 11.6 Å². The first kappa shape index (κ1) is 19.2. The molecule has 0 unspecified atom stereocenters. The monoisotopic (exact) mass is 405 g/mol. The number of aryl methyl sites for hydroxylation is 1. The number of rotatable bonds is 5. The molecule has 1 aliphatic rings. The molecule has 0 saturated heterocycles. The van der Waals surface area contributed by atoms with Crippen molar-refractivity contribution in [1.29, 1.82) is 0 Å². The number of pyridine rings is 1. The Hall–Kier alpha value is -3.18. The highest BCUT2D eigenvalue weighted by Crippen LogP contribution is 2.38. The zero-order valence-electron chi connectivity index (χ0n) is 15.9. The molecule has 0 radical (unpaired) electrons. The first-order chi connectivity index (χ1) is 14.0. The molecule has 2 amide bonds. The van der Waals surface area contributed by atoms with Crippen LogP contribution in [-0.2, 0) is 11.3 Å². The van der Waals surface area contributed by atoms with Crippen molar-refractivity contribution < 1.29 is 9.59 Å². The van der Waals surface area contributed by atoms with Gasteiger partial charge in [0.1, 0.15) is 0 Å². The van der Waals surface area contributed by atoms with Gasteiger partial charge in [-0.15, -0.1) is 0 Å². The summed E-state index contributed by atoms with van der Waals surface area (Å²) >= 11 is 5.90. The summed E-state index contributed by atoms with van der Waals surface area (Å²) in [5.74, 6) is -0.275. The molecule has 29 heavy (non-hydrogen) atoms. The molecule has 3 aromatic rings. The number of halogens is 1. The van der Waals surface area contributed by atoms with Gasteiger partial charge in [0.15, 0.2) is 0 Å². The molecule has 0 bridgehead atoms. The van der Waals surface area contributed by atoms with E-state index in [-0.39, 0.29) is 18.2 Å². The minimum Gasteiger partial charge on any atom is -0.352 e. The zero-order valence-corrected chi connectivity index (χ0v) is 16.7. The second-order valence-electron chi connectivity index (χ2n) is 7.07. The number of nitrogens with zero attached hydrogens (tertiary/aromatic N) is 2. The molecule has 5 nitrogen and oxygen atoms in total. The SMILES string of the molecule is Cc1cccc(N2C(=O)c3cccnc3[C@H]2CC(=O)NCc2ccc(Cl)cc2)c1. The summed E-state index contributed by atoms with van der Waals surface area (Å²) < 4.78 is 0. The Labute approximate surface area is 174 Å². The van der Waals surface area contributed by atoms with E-state index >= 15 is 0 Å². The van der Waals surface area contributed by atoms with Gasteiger partial charge in [-0.25, -0.2) is 0 Å². The summed E-state index contributed by atoms with van der Waals surface area (Å²) in [5.41, 5.74) is 3.96. The van der Waals surface area contributed by atoms with Crippen LogP contribution in [0, 0.1) is 6.92 Å². The number of amides is 2. The third-order valence-corrected chi connectivity index (χ3v) is 5.23. The predicted octanol–water partition coefficient (Wildman–Crippen LogP) is 4.45. The maximum absolute atomic E-state index is 13.1. The lowest BCUT2D eigenvalue weighted by Gasteiger charge is -2.25. The van der Waals surface area contributed by atoms with E-state index in [0.717, 1.165) is 16.8 Å². The van der Waals surface area contributed by atoms with Crippen LogP contribution in [0.15, 0.2) is 66.9 Å². The number of hydrogen-bond acceptors (Lipinski definition) is 3. The molecule has 2 heterocycles. The number of fused-ring (bicyclic) bond motifs is 1. The third kappa shape index (κ3) is 4.00. The normalized spacial score (nSPS) is 15.3. The highest BCUT2D eigenvalue weighted by molar-refractivity contribution is 6.30. The van der Waals surface area contributed by atoms with Crippen molar-refractivity contribution in [3.8, 4) is 0 Å². The lowest BCUT2D eigenvalue weighted by molar-refractivity contribution is -0.121. The number of carbonyl (C=O) groups excluding carboxylic acids is 2. The van der Waals surface area contributed by atoms with Gasteiger partial charge in [0.25, 0.3) is 5.91 Å². The van der Waals surface area contributed by atoms with E-state index < -0.39 is 6.04 Å². The predicted molar refractivity (Wildman–Crippen MR) is 113 cm³/mol. The zero-order chi connectivity index (χ0) is 20.4. The quantitative estimate of drug-likeness (QED) is 0.682. The first-order valence-corrected chi connectivity index (χ1v) is 9.77. The van der Waals surface area contributed by atoms with E-state index in [9.17, 15) is 9.59 Å². The van der Waals surface area contributed by atoms with Gasteiger partial charge in [-0.3, -0.25) is 19.5 Å². The summed E-state index contributed by atoms with van der Waals surface area (Å²) in [5, 5.41) is 3.58. The molecule has 1 aliphatic heterocycles. The van der Waals surface area contributed by atoms with Crippen molar-refractivity contribution in [2.75, 3.05) is 4.90 Å². The minimum absolute atomic E-state index is 0.130. The Bertz CT molecular complexity index is 1070. The number of benzene rings is 2. The van der Waals surface area contributed by atoms with Gasteiger partial charge in [0.05, 0.1) is 23.7 Å². The fraction of sp³-hybridized carbons (Fsp3) is 0.174. The molecule has 146 valence electrons. The fourth-order valence-corrected chi connectivity index (χ4v) is 3.70. The lowest BCUT2D eigenvalue weighted by atomic mass is 10.1. The summed E-state index contributed by atoms with van der Waals surface area (Å²) in [4.78, 5) is 31.8. The molecule has 4 rings (SSSR count). The van der Waals surface area contributed by atoms with Gasteiger partial charge in [0.2, 0.25) is 5.91 Å². The summed E-state index contributed by atoms with van der Waals surface area (Å²) in [6, 6.07) is 18.1. The summed E-state index contributed by atoms with van der Waals surface area (Å²) in [6.07, 6.45) is 1.79. The van der Waals surface area contributed by atoms with Gasteiger partial charge >= 0.3 is 0 Å². The average Bonchev–Trinajstić information content (AvgIpc) is 2.99. The Morgan fingerprint density at radius 3 is 2.69 bits per heavy atom. The van der Waals surface area contributed by atoms with Crippen molar-refractivity contribution >= 4 is 29.1 Å². The number of carbonyl (C=O) groups is 2. The Morgan fingerprint density at radius 2 is 1.93 bits per heavy atom. The van der Waals surface area contributed by atoms with E-state index in [2.05, 4.69) is 10.3 Å². The van der Waals surface area contributed by atoms with E-state index in [0.29, 0.717) is 22.8 Å². The van der Waals surface area contributed by atoms with E-state index in [1.165, 1.54) is 0 Å². The highest BCUT2D eigenvalue weighted by atomic mass is 35.5. The van der Waals surface area contributed by atoms with Gasteiger partial charge < -0.3 is 5.32 Å². The molecule has 0 saturated carbocycles. The molecule has 1 atom stereocenters. The van der Waals surface area contributed by atoms with E-state index in [1.807, 2.05) is 43.3 Å². The third-order valence-electron chi connectivity index (χ3n) is 4.98. The second kappa shape index (κ2) is 8.05. The molecular formula is C23H20ClN3O2. The molecular weight excluding hydrogens is 386 g/mol. The largest absolute Gasteiger partial charge is 0.352 e. The van der Waals surface area contributed by atoms with Crippen LogP contribution in [-0.4, -0.2) is 16.8 Å². The van der Waals surface area contributed by atoms with Crippen molar-refractivity contribution in [2.24, 2.45) is 0 Å². The Kier molecular flexibility index (Phi) is 5.32. The molecule has 0 fully saturated rings. The van der Waals surface area contributed by atoms with Gasteiger partial charge in [-0.2, -0.15) is 0 Å². The number of aromatic nitrogens is 1. The minimum atomic E-state index is -0.439. The first-order valence-electron chi connectivity index (χ1n) is 9.39. The molecule has 6 heteroatoms. The maximum atomic E-state index is 13.1. The van der Waals surface area contributed by atoms with Crippen LogP contribution in [0.1, 0.15) is 39.6 Å². The topological polar surface area (TPSA) is 62.3 Å². The Balaban J connectivity index is 1.56.